The molecule has 5 heteroatoms. The average molecular weight is 299 g/mol. The smallest absolute Gasteiger partial charge is 0.156 e. The first-order chi connectivity index (χ1) is 8.99. The van der Waals surface area contributed by atoms with E-state index in [1.165, 1.54) is 0 Å². The van der Waals surface area contributed by atoms with E-state index in [4.69, 9.17) is 27.9 Å². The van der Waals surface area contributed by atoms with Crippen LogP contribution in [0.3, 0.4) is 0 Å². The van der Waals surface area contributed by atoms with Crippen molar-refractivity contribution in [2.75, 3.05) is 6.61 Å². The van der Waals surface area contributed by atoms with Crippen molar-refractivity contribution >= 4 is 23.2 Å². The highest BCUT2D eigenvalue weighted by atomic mass is 35.5. The van der Waals surface area contributed by atoms with Gasteiger partial charge in [0.15, 0.2) is 5.75 Å². The minimum Gasteiger partial charge on any atom is -0.490 e. The molecule has 0 atom stereocenters. The third kappa shape index (κ3) is 3.23. The number of aryl methyl sites for hydroxylation is 1. The van der Waals surface area contributed by atoms with Gasteiger partial charge in [0.05, 0.1) is 16.7 Å². The molecule has 102 valence electrons. The van der Waals surface area contributed by atoms with E-state index in [0.29, 0.717) is 28.3 Å². The molecule has 0 spiro atoms. The maximum Gasteiger partial charge on any atom is 0.156 e. The molecule has 3 nitrogen and oxygen atoms in total. The second-order valence-corrected chi connectivity index (χ2v) is 5.65. The van der Waals surface area contributed by atoms with Crippen LogP contribution in [0.15, 0.2) is 24.5 Å². The van der Waals surface area contributed by atoms with Gasteiger partial charge in [0.1, 0.15) is 5.82 Å². The first-order valence-corrected chi connectivity index (χ1v) is 6.84. The molecular weight excluding hydrogens is 283 g/mol. The van der Waals surface area contributed by atoms with E-state index in [2.05, 4.69) is 18.8 Å². The van der Waals surface area contributed by atoms with Gasteiger partial charge in [0.25, 0.3) is 0 Å². The Labute approximate surface area is 123 Å². The zero-order chi connectivity index (χ0) is 14.0. The molecule has 2 aromatic rings. The van der Waals surface area contributed by atoms with Crippen molar-refractivity contribution in [2.45, 2.75) is 13.8 Å². The Bertz CT molecular complexity index is 556. The zero-order valence-electron chi connectivity index (χ0n) is 11.2. The highest BCUT2D eigenvalue weighted by Crippen LogP contribution is 2.37. The number of halogens is 2. The maximum absolute atomic E-state index is 6.24. The van der Waals surface area contributed by atoms with Crippen LogP contribution >= 0.6 is 23.2 Å². The summed E-state index contributed by atoms with van der Waals surface area (Å²) in [7, 11) is 1.92. The van der Waals surface area contributed by atoms with Gasteiger partial charge in [0, 0.05) is 25.0 Å². The highest BCUT2D eigenvalue weighted by Gasteiger charge is 2.13. The van der Waals surface area contributed by atoms with Gasteiger partial charge in [-0.25, -0.2) is 4.98 Å². The van der Waals surface area contributed by atoms with Crippen molar-refractivity contribution in [3.63, 3.8) is 0 Å². The van der Waals surface area contributed by atoms with Gasteiger partial charge in [-0.3, -0.25) is 0 Å². The summed E-state index contributed by atoms with van der Waals surface area (Å²) < 4.78 is 7.55. The lowest BCUT2D eigenvalue weighted by Gasteiger charge is -2.13. The summed E-state index contributed by atoms with van der Waals surface area (Å²) in [5.74, 6) is 1.77. The quantitative estimate of drug-likeness (QED) is 0.835. The maximum atomic E-state index is 6.24. The number of rotatable bonds is 4. The van der Waals surface area contributed by atoms with Gasteiger partial charge in [0.2, 0.25) is 0 Å². The Hall–Kier alpha value is -1.19. The van der Waals surface area contributed by atoms with E-state index >= 15 is 0 Å². The van der Waals surface area contributed by atoms with Gasteiger partial charge in [-0.2, -0.15) is 0 Å². The van der Waals surface area contributed by atoms with Gasteiger partial charge in [-0.15, -0.1) is 0 Å². The summed E-state index contributed by atoms with van der Waals surface area (Å²) >= 11 is 12.5. The van der Waals surface area contributed by atoms with Crippen LogP contribution in [0.25, 0.3) is 11.4 Å². The Morgan fingerprint density at radius 2 is 1.89 bits per heavy atom. The van der Waals surface area contributed by atoms with E-state index in [9.17, 15) is 0 Å². The summed E-state index contributed by atoms with van der Waals surface area (Å²) in [4.78, 5) is 4.28. The van der Waals surface area contributed by atoms with Crippen molar-refractivity contribution < 1.29 is 4.74 Å². The summed E-state index contributed by atoms with van der Waals surface area (Å²) in [6.45, 7) is 4.73. The van der Waals surface area contributed by atoms with E-state index in [1.54, 1.807) is 6.20 Å². The Balaban J connectivity index is 2.34. The van der Waals surface area contributed by atoms with Crippen LogP contribution in [0.2, 0.25) is 10.0 Å². The number of benzene rings is 1. The van der Waals surface area contributed by atoms with Crippen LogP contribution in [0.1, 0.15) is 13.8 Å². The Kier molecular flexibility index (Phi) is 4.38. The molecule has 19 heavy (non-hydrogen) atoms. The monoisotopic (exact) mass is 298 g/mol. The number of aromatic nitrogens is 2. The van der Waals surface area contributed by atoms with Gasteiger partial charge >= 0.3 is 0 Å². The molecule has 0 fully saturated rings. The molecule has 0 aliphatic rings. The molecule has 2 rings (SSSR count). The normalized spacial score (nSPS) is 11.1. The third-order valence-electron chi connectivity index (χ3n) is 2.64. The minimum absolute atomic E-state index is 0.418. The number of ether oxygens (including phenoxy) is 1. The molecule has 0 saturated heterocycles. The molecule has 0 saturated carbocycles. The summed E-state index contributed by atoms with van der Waals surface area (Å²) in [6, 6.07) is 3.65. The fourth-order valence-corrected chi connectivity index (χ4v) is 2.32. The standard InChI is InChI=1S/C14H16Cl2N2O/c1-9(2)8-19-13-11(15)6-10(7-12(13)16)14-17-4-5-18(14)3/h4-7,9H,8H2,1-3H3. The van der Waals surface area contributed by atoms with E-state index in [1.807, 2.05) is 29.9 Å². The number of nitrogens with zero attached hydrogens (tertiary/aromatic N) is 2. The van der Waals surface area contributed by atoms with E-state index in [0.717, 1.165) is 11.4 Å². The third-order valence-corrected chi connectivity index (χ3v) is 3.20. The number of hydrogen-bond donors (Lipinski definition) is 0. The van der Waals surface area contributed by atoms with Crippen molar-refractivity contribution in [3.8, 4) is 17.1 Å². The molecule has 0 bridgehead atoms. The fourth-order valence-electron chi connectivity index (χ4n) is 1.72. The molecule has 1 aromatic heterocycles. The SMILES string of the molecule is CC(C)COc1c(Cl)cc(-c2nccn2C)cc1Cl. The number of imidazole rings is 1. The first-order valence-electron chi connectivity index (χ1n) is 6.08. The first kappa shape index (κ1) is 14.2. The fraction of sp³-hybridized carbons (Fsp3) is 0.357. The lowest BCUT2D eigenvalue weighted by atomic mass is 10.2. The topological polar surface area (TPSA) is 27.1 Å². The number of hydrogen-bond acceptors (Lipinski definition) is 2. The van der Waals surface area contributed by atoms with Gasteiger partial charge < -0.3 is 9.30 Å². The van der Waals surface area contributed by atoms with Crippen molar-refractivity contribution in [1.82, 2.24) is 9.55 Å². The molecule has 0 aliphatic heterocycles. The lowest BCUT2D eigenvalue weighted by molar-refractivity contribution is 0.271. The second-order valence-electron chi connectivity index (χ2n) is 4.84. The van der Waals surface area contributed by atoms with Crippen LogP contribution in [-0.2, 0) is 7.05 Å². The summed E-state index contributed by atoms with van der Waals surface area (Å²) in [6.07, 6.45) is 3.61. The molecule has 0 amide bonds. The van der Waals surface area contributed by atoms with Gasteiger partial charge in [-0.1, -0.05) is 37.0 Å². The van der Waals surface area contributed by atoms with Gasteiger partial charge in [-0.05, 0) is 18.1 Å². The van der Waals surface area contributed by atoms with E-state index < -0.39 is 0 Å². The predicted molar refractivity (Wildman–Crippen MR) is 79.0 cm³/mol. The van der Waals surface area contributed by atoms with Crippen molar-refractivity contribution in [1.29, 1.82) is 0 Å². The van der Waals surface area contributed by atoms with E-state index in [-0.39, 0.29) is 0 Å². The van der Waals surface area contributed by atoms with Crippen LogP contribution in [0.5, 0.6) is 5.75 Å². The molecular formula is C14H16Cl2N2O. The summed E-state index contributed by atoms with van der Waals surface area (Å²) in [5.41, 5.74) is 0.874. The Morgan fingerprint density at radius 1 is 1.26 bits per heavy atom. The van der Waals surface area contributed by atoms with Crippen LogP contribution in [-0.4, -0.2) is 16.2 Å². The Morgan fingerprint density at radius 3 is 2.37 bits per heavy atom. The van der Waals surface area contributed by atoms with Crippen molar-refractivity contribution in [2.24, 2.45) is 13.0 Å². The largest absolute Gasteiger partial charge is 0.490 e. The minimum atomic E-state index is 0.418. The molecule has 0 radical (unpaired) electrons. The average Bonchev–Trinajstić information content (AvgIpc) is 2.73. The lowest BCUT2D eigenvalue weighted by Crippen LogP contribution is -2.05. The second kappa shape index (κ2) is 5.85. The molecule has 1 aromatic carbocycles. The molecule has 0 unspecified atom stereocenters. The van der Waals surface area contributed by atoms with Crippen LogP contribution < -0.4 is 4.74 Å². The summed E-state index contributed by atoms with van der Waals surface area (Å²) in [5, 5.41) is 1.01. The highest BCUT2D eigenvalue weighted by molar-refractivity contribution is 6.37. The van der Waals surface area contributed by atoms with Crippen LogP contribution in [0, 0.1) is 5.92 Å². The van der Waals surface area contributed by atoms with Crippen molar-refractivity contribution in [3.05, 3.63) is 34.6 Å². The molecule has 1 heterocycles. The predicted octanol–water partition coefficient (Wildman–Crippen LogP) is 4.43. The molecule has 0 N–H and O–H groups in total. The zero-order valence-corrected chi connectivity index (χ0v) is 12.7. The van der Waals surface area contributed by atoms with Crippen LogP contribution in [0.4, 0.5) is 0 Å². The molecule has 0 aliphatic carbocycles.